The van der Waals surface area contributed by atoms with Crippen molar-refractivity contribution in [2.24, 2.45) is 0 Å². The molecule has 1 aliphatic rings. The fourth-order valence-electron chi connectivity index (χ4n) is 4.40. The van der Waals surface area contributed by atoms with Crippen LogP contribution in [0, 0.1) is 6.92 Å². The predicted molar refractivity (Wildman–Crippen MR) is 141 cm³/mol. The van der Waals surface area contributed by atoms with E-state index >= 15 is 0 Å². The Hall–Kier alpha value is -3.56. The summed E-state index contributed by atoms with van der Waals surface area (Å²) in [6.45, 7) is 7.98. The molecule has 0 atom stereocenters. The number of aryl methyl sites for hydroxylation is 1. The molecule has 3 aromatic heterocycles. The number of carbonyl (C=O) groups excluding carboxylic acids is 1. The second-order valence-corrected chi connectivity index (χ2v) is 10.9. The molecule has 4 aromatic rings. The molecule has 38 heavy (non-hydrogen) atoms. The van der Waals surface area contributed by atoms with Crippen LogP contribution in [-0.4, -0.2) is 43.1 Å². The van der Waals surface area contributed by atoms with E-state index < -0.39 is 11.2 Å². The second kappa shape index (κ2) is 10.3. The standard InChI is InChI=1S/C28H30ClN5O4/c1-18-14-22(32-34(18)16-19-6-11-23(29)30-15-19)26-31-25(33-38-26)20-7-9-21(10-8-20)28(12-5-13-28)36-17-24(35)37-27(2,3)4/h6-11,14-15H,5,12-13,16-17H2,1-4H3. The Labute approximate surface area is 226 Å². The molecule has 0 bridgehead atoms. The molecule has 1 aromatic carbocycles. The molecule has 9 nitrogen and oxygen atoms in total. The first-order valence-corrected chi connectivity index (χ1v) is 12.9. The number of pyridine rings is 1. The van der Waals surface area contributed by atoms with Crippen molar-refractivity contribution in [3.05, 3.63) is 70.6 Å². The monoisotopic (exact) mass is 535 g/mol. The number of rotatable bonds is 8. The smallest absolute Gasteiger partial charge is 0.332 e. The van der Waals surface area contributed by atoms with Gasteiger partial charge in [0.25, 0.3) is 5.89 Å². The molecule has 0 saturated heterocycles. The Kier molecular flexibility index (Phi) is 7.07. The van der Waals surface area contributed by atoms with E-state index in [0.717, 1.165) is 41.6 Å². The predicted octanol–water partition coefficient (Wildman–Crippen LogP) is 5.74. The Morgan fingerprint density at radius 3 is 2.55 bits per heavy atom. The zero-order valence-corrected chi connectivity index (χ0v) is 22.7. The number of nitrogens with zero attached hydrogens (tertiary/aromatic N) is 5. The fraction of sp³-hybridized carbons (Fsp3) is 0.393. The summed E-state index contributed by atoms with van der Waals surface area (Å²) in [4.78, 5) is 20.9. The molecule has 1 fully saturated rings. The van der Waals surface area contributed by atoms with E-state index in [9.17, 15) is 4.79 Å². The van der Waals surface area contributed by atoms with Gasteiger partial charge in [0.05, 0.1) is 12.1 Å². The molecule has 3 heterocycles. The number of esters is 1. The van der Waals surface area contributed by atoms with Gasteiger partial charge >= 0.3 is 5.97 Å². The van der Waals surface area contributed by atoms with Gasteiger partial charge in [0, 0.05) is 17.5 Å². The third kappa shape index (κ3) is 5.79. The molecule has 198 valence electrons. The minimum absolute atomic E-state index is 0.0756. The minimum Gasteiger partial charge on any atom is -0.458 e. The summed E-state index contributed by atoms with van der Waals surface area (Å²) in [5.41, 5.74) is 3.36. The molecular formula is C28H30ClN5O4. The van der Waals surface area contributed by atoms with E-state index in [1.54, 1.807) is 12.3 Å². The molecule has 0 unspecified atom stereocenters. The lowest BCUT2D eigenvalue weighted by atomic mass is 9.74. The SMILES string of the molecule is Cc1cc(-c2nc(-c3ccc(C4(OCC(=O)OC(C)(C)C)CCC4)cc3)no2)nn1Cc1ccc(Cl)nc1. The van der Waals surface area contributed by atoms with Crippen molar-refractivity contribution >= 4 is 17.6 Å². The van der Waals surface area contributed by atoms with Gasteiger partial charge in [-0.2, -0.15) is 10.1 Å². The third-order valence-electron chi connectivity index (χ3n) is 6.46. The number of ether oxygens (including phenoxy) is 2. The van der Waals surface area contributed by atoms with Crippen molar-refractivity contribution in [2.45, 2.75) is 64.7 Å². The van der Waals surface area contributed by atoms with Crippen LogP contribution in [0.1, 0.15) is 56.9 Å². The zero-order chi connectivity index (χ0) is 26.9. The van der Waals surface area contributed by atoms with Crippen LogP contribution in [0.5, 0.6) is 0 Å². The number of aromatic nitrogens is 5. The highest BCUT2D eigenvalue weighted by Crippen LogP contribution is 2.45. The quantitative estimate of drug-likeness (QED) is 0.208. The van der Waals surface area contributed by atoms with Crippen LogP contribution < -0.4 is 0 Å². The Morgan fingerprint density at radius 1 is 1.16 bits per heavy atom. The zero-order valence-electron chi connectivity index (χ0n) is 21.9. The van der Waals surface area contributed by atoms with Crippen LogP contribution in [0.15, 0.2) is 53.2 Å². The van der Waals surface area contributed by atoms with E-state index in [4.69, 9.17) is 25.6 Å². The highest BCUT2D eigenvalue weighted by atomic mass is 35.5. The average molecular weight is 536 g/mol. The first-order valence-electron chi connectivity index (χ1n) is 12.6. The average Bonchev–Trinajstić information content (AvgIpc) is 3.46. The second-order valence-electron chi connectivity index (χ2n) is 10.5. The molecule has 1 saturated carbocycles. The largest absolute Gasteiger partial charge is 0.458 e. The lowest BCUT2D eigenvalue weighted by Crippen LogP contribution is -2.39. The van der Waals surface area contributed by atoms with E-state index in [1.165, 1.54) is 0 Å². The summed E-state index contributed by atoms with van der Waals surface area (Å²) in [5, 5.41) is 9.25. The van der Waals surface area contributed by atoms with Gasteiger partial charge in [-0.25, -0.2) is 9.78 Å². The van der Waals surface area contributed by atoms with Crippen molar-refractivity contribution in [3.8, 4) is 23.0 Å². The molecule has 0 aliphatic heterocycles. The molecule has 1 aliphatic carbocycles. The Bertz CT molecular complexity index is 1420. The van der Waals surface area contributed by atoms with Gasteiger partial charge in [-0.1, -0.05) is 47.1 Å². The Morgan fingerprint density at radius 2 is 1.92 bits per heavy atom. The van der Waals surface area contributed by atoms with Gasteiger partial charge in [-0.05, 0) is 70.2 Å². The minimum atomic E-state index is -0.538. The maximum Gasteiger partial charge on any atom is 0.332 e. The van der Waals surface area contributed by atoms with Crippen LogP contribution in [0.3, 0.4) is 0 Å². The Balaban J connectivity index is 1.27. The number of benzene rings is 1. The highest BCUT2D eigenvalue weighted by molar-refractivity contribution is 6.29. The number of carbonyl (C=O) groups is 1. The number of hydrogen-bond donors (Lipinski definition) is 0. The lowest BCUT2D eigenvalue weighted by Gasteiger charge is -2.42. The molecule has 5 rings (SSSR count). The van der Waals surface area contributed by atoms with Gasteiger partial charge in [0.2, 0.25) is 5.82 Å². The third-order valence-corrected chi connectivity index (χ3v) is 6.69. The van der Waals surface area contributed by atoms with Crippen molar-refractivity contribution < 1.29 is 18.8 Å². The topological polar surface area (TPSA) is 105 Å². The van der Waals surface area contributed by atoms with Gasteiger partial charge in [-0.3, -0.25) is 4.68 Å². The van der Waals surface area contributed by atoms with Gasteiger partial charge in [-0.15, -0.1) is 0 Å². The normalized spacial score (nSPS) is 14.8. The molecule has 0 amide bonds. The molecule has 0 spiro atoms. The first-order chi connectivity index (χ1) is 18.1. The van der Waals surface area contributed by atoms with E-state index in [0.29, 0.717) is 29.1 Å². The first kappa shape index (κ1) is 26.1. The number of halogens is 1. The summed E-state index contributed by atoms with van der Waals surface area (Å²) in [6, 6.07) is 13.5. The maximum absolute atomic E-state index is 12.2. The van der Waals surface area contributed by atoms with Crippen molar-refractivity contribution in [3.63, 3.8) is 0 Å². The van der Waals surface area contributed by atoms with Gasteiger partial charge in [0.15, 0.2) is 5.69 Å². The highest BCUT2D eigenvalue weighted by Gasteiger charge is 2.40. The van der Waals surface area contributed by atoms with Crippen LogP contribution in [-0.2, 0) is 26.4 Å². The molecule has 10 heteroatoms. The van der Waals surface area contributed by atoms with Crippen molar-refractivity contribution in [2.75, 3.05) is 6.61 Å². The summed E-state index contributed by atoms with van der Waals surface area (Å²) in [7, 11) is 0. The maximum atomic E-state index is 12.2. The molecular weight excluding hydrogens is 506 g/mol. The summed E-state index contributed by atoms with van der Waals surface area (Å²) >= 11 is 5.88. The summed E-state index contributed by atoms with van der Waals surface area (Å²) in [5.74, 6) is 0.455. The van der Waals surface area contributed by atoms with Crippen LogP contribution >= 0.6 is 11.6 Å². The van der Waals surface area contributed by atoms with E-state index in [2.05, 4.69) is 20.2 Å². The lowest BCUT2D eigenvalue weighted by molar-refractivity contribution is -0.174. The fourth-order valence-corrected chi connectivity index (χ4v) is 4.51. The summed E-state index contributed by atoms with van der Waals surface area (Å²) in [6.07, 6.45) is 4.49. The molecule has 0 N–H and O–H groups in total. The van der Waals surface area contributed by atoms with Gasteiger partial charge < -0.3 is 14.0 Å². The van der Waals surface area contributed by atoms with Crippen molar-refractivity contribution in [1.82, 2.24) is 24.9 Å². The van der Waals surface area contributed by atoms with Crippen LogP contribution in [0.2, 0.25) is 5.15 Å². The molecule has 0 radical (unpaired) electrons. The van der Waals surface area contributed by atoms with Crippen molar-refractivity contribution in [1.29, 1.82) is 0 Å². The van der Waals surface area contributed by atoms with E-state index in [-0.39, 0.29) is 12.6 Å². The summed E-state index contributed by atoms with van der Waals surface area (Å²) < 4.78 is 18.9. The van der Waals surface area contributed by atoms with Crippen LogP contribution in [0.4, 0.5) is 0 Å². The van der Waals surface area contributed by atoms with Gasteiger partial charge in [0.1, 0.15) is 17.4 Å². The van der Waals surface area contributed by atoms with E-state index in [1.807, 2.05) is 68.8 Å². The number of hydrogen-bond acceptors (Lipinski definition) is 8. The van der Waals surface area contributed by atoms with Crippen LogP contribution in [0.25, 0.3) is 23.0 Å².